The summed E-state index contributed by atoms with van der Waals surface area (Å²) in [6, 6.07) is 0.914. The molecule has 1 unspecified atom stereocenters. The predicted molar refractivity (Wildman–Crippen MR) is 34.6 cm³/mol. The van der Waals surface area contributed by atoms with E-state index in [9.17, 15) is 5.11 Å². The third-order valence-corrected chi connectivity index (χ3v) is 2.83. The molecular weight excluding hydrogens is 130 g/mol. The largest absolute Gasteiger partial charge is 0.393 e. The molecule has 0 radical (unpaired) electrons. The highest BCUT2D eigenvalue weighted by Gasteiger charge is 2.58. The van der Waals surface area contributed by atoms with Crippen molar-refractivity contribution in [3.63, 3.8) is 0 Å². The summed E-state index contributed by atoms with van der Waals surface area (Å²) in [4.78, 5) is 0. The number of nitrogens with one attached hydrogen (secondary N) is 1. The lowest BCUT2D eigenvalue weighted by atomic mass is 10.0. The Balaban J connectivity index is 1.87. The van der Waals surface area contributed by atoms with E-state index in [1.54, 1.807) is 0 Å². The van der Waals surface area contributed by atoms with Gasteiger partial charge in [-0.2, -0.15) is 0 Å². The van der Waals surface area contributed by atoms with Crippen LogP contribution >= 0.6 is 0 Å². The molecule has 0 aliphatic carbocycles. The zero-order chi connectivity index (χ0) is 6.72. The lowest BCUT2D eigenvalue weighted by molar-refractivity contribution is 0.0775. The molecule has 3 aliphatic heterocycles. The van der Waals surface area contributed by atoms with Crippen LogP contribution in [0.3, 0.4) is 0 Å². The molecule has 10 heavy (non-hydrogen) atoms. The van der Waals surface area contributed by atoms with Crippen LogP contribution < -0.4 is 5.32 Å². The number of rotatable bonds is 0. The number of fused-ring (bicyclic) bond motifs is 5. The average Bonchev–Trinajstić information content (AvgIpc) is 2.59. The molecule has 3 heterocycles. The normalized spacial score (nSPS) is 63.9. The summed E-state index contributed by atoms with van der Waals surface area (Å²) < 4.78 is 5.39. The summed E-state index contributed by atoms with van der Waals surface area (Å²) in [6.07, 6.45) is 2.59. The summed E-state index contributed by atoms with van der Waals surface area (Å²) in [6.45, 7) is 0. The van der Waals surface area contributed by atoms with Crippen molar-refractivity contribution in [1.29, 1.82) is 0 Å². The maximum absolute atomic E-state index is 9.33. The van der Waals surface area contributed by atoms with Gasteiger partial charge in [0.05, 0.1) is 6.10 Å². The monoisotopic (exact) mass is 141 g/mol. The molecule has 3 heteroatoms. The number of hydrogen-bond donors (Lipinski definition) is 2. The maximum Gasteiger partial charge on any atom is 0.101 e. The highest BCUT2D eigenvalue weighted by atomic mass is 16.6. The van der Waals surface area contributed by atoms with E-state index in [0.29, 0.717) is 24.3 Å². The predicted octanol–water partition coefficient (Wildman–Crippen LogP) is -0.751. The molecule has 0 aromatic rings. The van der Waals surface area contributed by atoms with Gasteiger partial charge in [0.1, 0.15) is 12.2 Å². The van der Waals surface area contributed by atoms with E-state index in [-0.39, 0.29) is 6.10 Å². The van der Waals surface area contributed by atoms with Crippen molar-refractivity contribution >= 4 is 0 Å². The van der Waals surface area contributed by atoms with Crippen LogP contribution in [0.1, 0.15) is 12.8 Å². The van der Waals surface area contributed by atoms with Crippen LogP contribution in [0.15, 0.2) is 0 Å². The van der Waals surface area contributed by atoms with Gasteiger partial charge in [-0.15, -0.1) is 0 Å². The molecule has 0 saturated carbocycles. The molecular formula is C7H11NO2. The molecule has 0 amide bonds. The fourth-order valence-corrected chi connectivity index (χ4v) is 2.34. The Morgan fingerprint density at radius 2 is 1.80 bits per heavy atom. The first-order valence-electron chi connectivity index (χ1n) is 3.94. The fraction of sp³-hybridized carbons (Fsp3) is 1.00. The summed E-state index contributed by atoms with van der Waals surface area (Å²) in [5, 5.41) is 12.8. The first-order valence-corrected chi connectivity index (χ1v) is 3.94. The second-order valence-electron chi connectivity index (χ2n) is 3.57. The van der Waals surface area contributed by atoms with Crippen LogP contribution in [0.2, 0.25) is 0 Å². The quantitative estimate of drug-likeness (QED) is 0.436. The number of aliphatic hydroxyl groups is 1. The minimum Gasteiger partial charge on any atom is -0.393 e. The van der Waals surface area contributed by atoms with E-state index >= 15 is 0 Å². The van der Waals surface area contributed by atoms with Crippen molar-refractivity contribution in [2.45, 2.75) is 43.2 Å². The topological polar surface area (TPSA) is 44.8 Å². The minimum absolute atomic E-state index is 0.0763. The van der Waals surface area contributed by atoms with Gasteiger partial charge in [0.15, 0.2) is 0 Å². The van der Waals surface area contributed by atoms with Crippen molar-refractivity contribution in [2.24, 2.45) is 0 Å². The Morgan fingerprint density at radius 3 is 2.40 bits per heavy atom. The van der Waals surface area contributed by atoms with E-state index in [1.807, 2.05) is 0 Å². The van der Waals surface area contributed by atoms with Gasteiger partial charge in [0.25, 0.3) is 0 Å². The fourth-order valence-electron chi connectivity index (χ4n) is 2.34. The van der Waals surface area contributed by atoms with Crippen LogP contribution in [0.4, 0.5) is 0 Å². The molecule has 3 fully saturated rings. The van der Waals surface area contributed by atoms with Crippen LogP contribution in [0.5, 0.6) is 0 Å². The van der Waals surface area contributed by atoms with Crippen LogP contribution in [0, 0.1) is 0 Å². The third-order valence-electron chi connectivity index (χ3n) is 2.83. The molecule has 3 nitrogen and oxygen atoms in total. The van der Waals surface area contributed by atoms with E-state index < -0.39 is 0 Å². The van der Waals surface area contributed by atoms with E-state index in [1.165, 1.54) is 0 Å². The average molecular weight is 141 g/mol. The van der Waals surface area contributed by atoms with Gasteiger partial charge in [-0.05, 0) is 12.8 Å². The zero-order valence-corrected chi connectivity index (χ0v) is 5.66. The molecule has 0 aromatic heterocycles. The van der Waals surface area contributed by atoms with Gasteiger partial charge in [-0.25, -0.2) is 0 Å². The number of ether oxygens (including phenoxy) is 1. The van der Waals surface area contributed by atoms with Crippen LogP contribution in [-0.2, 0) is 4.74 Å². The Morgan fingerprint density at radius 1 is 1.20 bits per heavy atom. The van der Waals surface area contributed by atoms with Crippen molar-refractivity contribution in [3.05, 3.63) is 0 Å². The summed E-state index contributed by atoms with van der Waals surface area (Å²) in [5.41, 5.74) is 0. The molecule has 56 valence electrons. The molecule has 5 atom stereocenters. The van der Waals surface area contributed by atoms with E-state index in [4.69, 9.17) is 4.74 Å². The molecule has 3 saturated heterocycles. The number of epoxide rings is 1. The van der Waals surface area contributed by atoms with Gasteiger partial charge in [-0.1, -0.05) is 0 Å². The highest BCUT2D eigenvalue weighted by molar-refractivity contribution is 5.13. The lowest BCUT2D eigenvalue weighted by Crippen LogP contribution is -2.45. The Kier molecular flexibility index (Phi) is 0.854. The lowest BCUT2D eigenvalue weighted by Gasteiger charge is -2.27. The maximum atomic E-state index is 9.33. The van der Waals surface area contributed by atoms with Crippen molar-refractivity contribution in [1.82, 2.24) is 5.32 Å². The molecule has 2 N–H and O–H groups in total. The molecule has 3 rings (SSSR count). The van der Waals surface area contributed by atoms with E-state index in [0.717, 1.165) is 12.8 Å². The van der Waals surface area contributed by atoms with Crippen LogP contribution in [-0.4, -0.2) is 35.5 Å². The third kappa shape index (κ3) is 0.557. The number of hydrogen-bond acceptors (Lipinski definition) is 3. The summed E-state index contributed by atoms with van der Waals surface area (Å²) in [5.74, 6) is 0. The minimum atomic E-state index is -0.0763. The van der Waals surface area contributed by atoms with E-state index in [2.05, 4.69) is 5.32 Å². The second kappa shape index (κ2) is 1.55. The van der Waals surface area contributed by atoms with Gasteiger partial charge in [0, 0.05) is 12.1 Å². The van der Waals surface area contributed by atoms with Gasteiger partial charge in [0.2, 0.25) is 0 Å². The first-order chi connectivity index (χ1) is 4.84. The number of morpholine rings is 1. The van der Waals surface area contributed by atoms with Crippen molar-refractivity contribution in [3.8, 4) is 0 Å². The smallest absolute Gasteiger partial charge is 0.101 e. The SMILES string of the molecule is OC1C[C@@H]2N[C@H](C1)[C@H]1O[C@H]12. The molecule has 0 aromatic carbocycles. The molecule has 0 spiro atoms. The van der Waals surface area contributed by atoms with Crippen molar-refractivity contribution in [2.75, 3.05) is 0 Å². The van der Waals surface area contributed by atoms with Gasteiger partial charge in [-0.3, -0.25) is 0 Å². The van der Waals surface area contributed by atoms with Crippen LogP contribution in [0.25, 0.3) is 0 Å². The zero-order valence-electron chi connectivity index (χ0n) is 5.66. The standard InChI is InChI=1S/C7H11NO2/c9-3-1-4-6-7(10-6)5(2-3)8-4/h3-9H,1-2H2/t3?,4-,5+,6-,7+. The van der Waals surface area contributed by atoms with Gasteiger partial charge >= 0.3 is 0 Å². The highest BCUT2D eigenvalue weighted by Crippen LogP contribution is 2.41. The first kappa shape index (κ1) is 5.52. The number of aliphatic hydroxyl groups excluding tert-OH is 1. The Labute approximate surface area is 59.4 Å². The molecule has 3 aliphatic rings. The Bertz CT molecular complexity index is 157. The number of piperidine rings is 1. The summed E-state index contributed by atoms with van der Waals surface area (Å²) >= 11 is 0. The van der Waals surface area contributed by atoms with Crippen molar-refractivity contribution < 1.29 is 9.84 Å². The second-order valence-corrected chi connectivity index (χ2v) is 3.57. The molecule has 2 bridgehead atoms. The Hall–Kier alpha value is -0.120. The summed E-state index contributed by atoms with van der Waals surface area (Å²) in [7, 11) is 0. The van der Waals surface area contributed by atoms with Gasteiger partial charge < -0.3 is 15.2 Å².